The molecule has 0 aliphatic carbocycles. The van der Waals surface area contributed by atoms with Crippen molar-refractivity contribution < 1.29 is 0 Å². The van der Waals surface area contributed by atoms with Crippen LogP contribution >= 0.6 is 35.0 Å². The smallest absolute Gasteiger partial charge is 0.128 e. The molecule has 2 N–H and O–H groups in total. The number of hydrogen-bond donors (Lipinski definition) is 1. The molecule has 0 aliphatic heterocycles. The minimum absolute atomic E-state index is 0.486. The maximum atomic E-state index is 5.94. The zero-order valence-corrected chi connectivity index (χ0v) is 10.8. The second-order valence-corrected chi connectivity index (χ2v) is 4.76. The first-order valence-corrected chi connectivity index (χ1v) is 6.45. The summed E-state index contributed by atoms with van der Waals surface area (Å²) in [5, 5.41) is 6.19. The molecule has 0 saturated heterocycles. The molecule has 0 bridgehead atoms. The molecule has 0 unspecified atom stereocenters. The first kappa shape index (κ1) is 11.6. The molecule has 0 radical (unpaired) electrons. The van der Waals surface area contributed by atoms with E-state index < -0.39 is 0 Å². The van der Waals surface area contributed by atoms with Gasteiger partial charge in [0.15, 0.2) is 0 Å². The molecule has 1 aromatic carbocycles. The van der Waals surface area contributed by atoms with E-state index in [4.69, 9.17) is 28.9 Å². The highest BCUT2D eigenvalue weighted by atomic mass is 35.5. The molecule has 0 saturated carbocycles. The van der Waals surface area contributed by atoms with Crippen LogP contribution in [0.3, 0.4) is 0 Å². The maximum absolute atomic E-state index is 5.94. The van der Waals surface area contributed by atoms with Gasteiger partial charge in [-0.05, 0) is 24.5 Å². The number of nitrogen functional groups attached to an aromatic ring is 1. The molecule has 16 heavy (non-hydrogen) atoms. The monoisotopic (exact) mass is 273 g/mol. The Morgan fingerprint density at radius 3 is 2.56 bits per heavy atom. The molecule has 1 heterocycles. The van der Waals surface area contributed by atoms with Crippen LogP contribution in [-0.4, -0.2) is 16.0 Å². The minimum atomic E-state index is 0.486. The molecule has 0 spiro atoms. The number of benzene rings is 1. The van der Waals surface area contributed by atoms with Crippen LogP contribution in [0.25, 0.3) is 5.69 Å². The van der Waals surface area contributed by atoms with Crippen LogP contribution < -0.4 is 5.73 Å². The van der Waals surface area contributed by atoms with Crippen molar-refractivity contribution in [2.45, 2.75) is 5.03 Å². The van der Waals surface area contributed by atoms with E-state index in [0.717, 1.165) is 10.7 Å². The summed E-state index contributed by atoms with van der Waals surface area (Å²) >= 11 is 13.3. The van der Waals surface area contributed by atoms with Crippen molar-refractivity contribution in [3.05, 3.63) is 34.3 Å². The van der Waals surface area contributed by atoms with Crippen LogP contribution in [0.1, 0.15) is 0 Å². The normalized spacial score (nSPS) is 10.7. The second kappa shape index (κ2) is 4.57. The molecule has 3 nitrogen and oxygen atoms in total. The van der Waals surface area contributed by atoms with Crippen LogP contribution in [-0.2, 0) is 0 Å². The molecule has 2 rings (SSSR count). The van der Waals surface area contributed by atoms with E-state index in [0.29, 0.717) is 15.9 Å². The summed E-state index contributed by atoms with van der Waals surface area (Å²) in [6, 6.07) is 7.09. The summed E-state index contributed by atoms with van der Waals surface area (Å²) in [5.74, 6) is 0.572. The van der Waals surface area contributed by atoms with E-state index in [-0.39, 0.29) is 0 Å². The van der Waals surface area contributed by atoms with Crippen molar-refractivity contribution in [3.8, 4) is 5.69 Å². The summed E-state index contributed by atoms with van der Waals surface area (Å²) in [6.07, 6.45) is 1.95. The van der Waals surface area contributed by atoms with E-state index in [1.807, 2.05) is 18.4 Å². The fourth-order valence-electron chi connectivity index (χ4n) is 1.30. The summed E-state index contributed by atoms with van der Waals surface area (Å²) in [7, 11) is 0. The summed E-state index contributed by atoms with van der Waals surface area (Å²) in [5.41, 5.74) is 6.65. The zero-order valence-electron chi connectivity index (χ0n) is 8.45. The van der Waals surface area contributed by atoms with E-state index in [2.05, 4.69) is 5.10 Å². The maximum Gasteiger partial charge on any atom is 0.128 e. The van der Waals surface area contributed by atoms with Crippen LogP contribution in [0.5, 0.6) is 0 Å². The number of rotatable bonds is 2. The number of hydrogen-bond acceptors (Lipinski definition) is 3. The lowest BCUT2D eigenvalue weighted by Gasteiger charge is -2.04. The third-order valence-corrected chi connectivity index (χ3v) is 3.43. The van der Waals surface area contributed by atoms with Crippen LogP contribution in [0.15, 0.2) is 29.3 Å². The summed E-state index contributed by atoms with van der Waals surface area (Å²) in [6.45, 7) is 0. The Morgan fingerprint density at radius 1 is 1.25 bits per heavy atom. The minimum Gasteiger partial charge on any atom is -0.384 e. The van der Waals surface area contributed by atoms with Gasteiger partial charge in [-0.15, -0.1) is 11.8 Å². The lowest BCUT2D eigenvalue weighted by Crippen LogP contribution is -2.01. The fraction of sp³-hybridized carbons (Fsp3) is 0.100. The zero-order chi connectivity index (χ0) is 11.7. The fourth-order valence-corrected chi connectivity index (χ4v) is 1.99. The Bertz CT molecular complexity index is 525. The van der Waals surface area contributed by atoms with Gasteiger partial charge in [0.25, 0.3) is 0 Å². The topological polar surface area (TPSA) is 43.8 Å². The molecule has 6 heteroatoms. The second-order valence-electron chi connectivity index (χ2n) is 3.12. The lowest BCUT2D eigenvalue weighted by atomic mass is 10.3. The standard InChI is InChI=1S/C10H9Cl2N3S/c1-16-10-5-9(13)15(14-10)6-2-3-7(11)8(12)4-6/h2-5H,13H2,1H3. The van der Waals surface area contributed by atoms with Crippen molar-refractivity contribution in [2.75, 3.05) is 12.0 Å². The number of thioether (sulfide) groups is 1. The predicted octanol–water partition coefficient (Wildman–Crippen LogP) is 3.48. The molecular weight excluding hydrogens is 265 g/mol. The molecule has 1 aromatic heterocycles. The van der Waals surface area contributed by atoms with Crippen LogP contribution in [0.4, 0.5) is 5.82 Å². The average Bonchev–Trinajstić information content (AvgIpc) is 2.64. The number of aromatic nitrogens is 2. The largest absolute Gasteiger partial charge is 0.384 e. The highest BCUT2D eigenvalue weighted by molar-refractivity contribution is 7.98. The molecule has 0 aliphatic rings. The molecule has 0 fully saturated rings. The Kier molecular flexibility index (Phi) is 3.33. The Hall–Kier alpha value is -0.840. The third kappa shape index (κ3) is 2.14. The quantitative estimate of drug-likeness (QED) is 0.852. The third-order valence-electron chi connectivity index (χ3n) is 2.07. The van der Waals surface area contributed by atoms with E-state index in [1.165, 1.54) is 11.8 Å². The number of halogens is 2. The summed E-state index contributed by atoms with van der Waals surface area (Å²) < 4.78 is 1.63. The molecular formula is C10H9Cl2N3S. The van der Waals surface area contributed by atoms with Gasteiger partial charge in [0.2, 0.25) is 0 Å². The SMILES string of the molecule is CSc1cc(N)n(-c2ccc(Cl)c(Cl)c2)n1. The molecule has 2 aromatic rings. The Labute approximate surface area is 108 Å². The number of nitrogens with zero attached hydrogens (tertiary/aromatic N) is 2. The molecule has 0 amide bonds. The van der Waals surface area contributed by atoms with Gasteiger partial charge in [0.1, 0.15) is 10.8 Å². The van der Waals surface area contributed by atoms with E-state index in [9.17, 15) is 0 Å². The first-order valence-electron chi connectivity index (χ1n) is 4.47. The highest BCUT2D eigenvalue weighted by Crippen LogP contribution is 2.26. The van der Waals surface area contributed by atoms with Crippen molar-refractivity contribution in [3.63, 3.8) is 0 Å². The van der Waals surface area contributed by atoms with Gasteiger partial charge < -0.3 is 5.73 Å². The first-order chi connectivity index (χ1) is 7.61. The van der Waals surface area contributed by atoms with Gasteiger partial charge in [-0.25, -0.2) is 4.68 Å². The van der Waals surface area contributed by atoms with Crippen LogP contribution in [0, 0.1) is 0 Å². The number of nitrogens with two attached hydrogens (primary N) is 1. The summed E-state index contributed by atoms with van der Waals surface area (Å²) in [4.78, 5) is 0. The van der Waals surface area contributed by atoms with Crippen LogP contribution in [0.2, 0.25) is 10.0 Å². The molecule has 0 atom stereocenters. The Morgan fingerprint density at radius 2 is 2.00 bits per heavy atom. The van der Waals surface area contributed by atoms with Crippen molar-refractivity contribution in [1.82, 2.24) is 9.78 Å². The van der Waals surface area contributed by atoms with Gasteiger partial charge in [0, 0.05) is 6.07 Å². The average molecular weight is 274 g/mol. The van der Waals surface area contributed by atoms with Gasteiger partial charge in [-0.3, -0.25) is 0 Å². The van der Waals surface area contributed by atoms with E-state index in [1.54, 1.807) is 16.8 Å². The highest BCUT2D eigenvalue weighted by Gasteiger charge is 2.07. The number of anilines is 1. The van der Waals surface area contributed by atoms with Crippen molar-refractivity contribution in [2.24, 2.45) is 0 Å². The van der Waals surface area contributed by atoms with E-state index >= 15 is 0 Å². The Balaban J connectivity index is 2.49. The van der Waals surface area contributed by atoms with Crippen molar-refractivity contribution >= 4 is 40.8 Å². The van der Waals surface area contributed by atoms with Crippen molar-refractivity contribution in [1.29, 1.82) is 0 Å². The predicted molar refractivity (Wildman–Crippen MR) is 69.8 cm³/mol. The molecule has 84 valence electrons. The van der Waals surface area contributed by atoms with Gasteiger partial charge >= 0.3 is 0 Å². The van der Waals surface area contributed by atoms with Gasteiger partial charge in [-0.1, -0.05) is 23.2 Å². The van der Waals surface area contributed by atoms with Gasteiger partial charge in [0.05, 0.1) is 15.7 Å². The van der Waals surface area contributed by atoms with Gasteiger partial charge in [-0.2, -0.15) is 5.10 Å². The lowest BCUT2D eigenvalue weighted by molar-refractivity contribution is 0.846.